The van der Waals surface area contributed by atoms with Crippen LogP contribution in [-0.2, 0) is 16.1 Å². The molecule has 1 N–H and O–H groups in total. The summed E-state index contributed by atoms with van der Waals surface area (Å²) in [6.45, 7) is 2.34. The minimum absolute atomic E-state index is 0.0584. The van der Waals surface area contributed by atoms with E-state index in [0.29, 0.717) is 27.8 Å². The Kier molecular flexibility index (Phi) is 7.20. The Hall–Kier alpha value is -3.44. The van der Waals surface area contributed by atoms with Crippen molar-refractivity contribution in [3.8, 4) is 11.1 Å². The number of nitrogens with one attached hydrogen (secondary N) is 1. The van der Waals surface area contributed by atoms with E-state index >= 15 is 0 Å². The Bertz CT molecular complexity index is 1240. The van der Waals surface area contributed by atoms with Crippen LogP contribution in [0.3, 0.4) is 0 Å². The van der Waals surface area contributed by atoms with Crippen molar-refractivity contribution in [1.29, 1.82) is 0 Å². The number of nitrogens with zero attached hydrogens (tertiary/aromatic N) is 3. The van der Waals surface area contributed by atoms with Crippen LogP contribution in [0.2, 0.25) is 0 Å². The van der Waals surface area contributed by atoms with Gasteiger partial charge in [0.2, 0.25) is 5.91 Å². The highest BCUT2D eigenvalue weighted by Crippen LogP contribution is 2.36. The van der Waals surface area contributed by atoms with Gasteiger partial charge in [0.1, 0.15) is 28.5 Å². The van der Waals surface area contributed by atoms with Gasteiger partial charge in [0.15, 0.2) is 5.16 Å². The van der Waals surface area contributed by atoms with Crippen molar-refractivity contribution in [2.75, 3.05) is 17.7 Å². The predicted molar refractivity (Wildman–Crippen MR) is 123 cm³/mol. The average molecular weight is 487 g/mol. The highest BCUT2D eigenvalue weighted by molar-refractivity contribution is 7.99. The van der Waals surface area contributed by atoms with Gasteiger partial charge in [0.25, 0.3) is 0 Å². The minimum Gasteiger partial charge on any atom is -0.467 e. The molecule has 1 amide bonds. The van der Waals surface area contributed by atoms with Crippen LogP contribution in [0.4, 0.5) is 9.39 Å². The third-order valence-corrected chi connectivity index (χ3v) is 6.37. The van der Waals surface area contributed by atoms with Crippen LogP contribution in [0, 0.1) is 5.82 Å². The molecule has 0 saturated carbocycles. The number of thiophene rings is 1. The Balaban J connectivity index is 1.47. The Labute approximate surface area is 196 Å². The summed E-state index contributed by atoms with van der Waals surface area (Å²) in [6, 6.07) is 9.42. The molecule has 0 unspecified atom stereocenters. The molecule has 11 heteroatoms. The summed E-state index contributed by atoms with van der Waals surface area (Å²) >= 11 is 2.42. The van der Waals surface area contributed by atoms with Gasteiger partial charge in [-0.05, 0) is 36.8 Å². The molecule has 8 nitrogen and oxygen atoms in total. The number of aromatic nitrogens is 3. The molecule has 170 valence electrons. The monoisotopic (exact) mass is 486 g/mol. The van der Waals surface area contributed by atoms with Crippen molar-refractivity contribution in [2.45, 2.75) is 18.6 Å². The molecular weight excluding hydrogens is 467 g/mol. The van der Waals surface area contributed by atoms with Crippen molar-refractivity contribution >= 4 is 40.0 Å². The molecule has 1 aromatic carbocycles. The number of hydrogen-bond donors (Lipinski definition) is 1. The second kappa shape index (κ2) is 10.5. The van der Waals surface area contributed by atoms with Crippen molar-refractivity contribution in [2.24, 2.45) is 0 Å². The molecule has 0 radical (unpaired) electrons. The standard InChI is InChI=1S/C22H19FN4O4S2/c1-2-30-21(29)19-17(14-5-7-15(23)8-6-14)11-32-20(19)25-18(28)12-33-22-26-24-13-27(22)10-16-4-3-9-31-16/h3-9,11,13H,2,10,12H2,1H3,(H,25,28). The smallest absolute Gasteiger partial charge is 0.341 e. The van der Waals surface area contributed by atoms with Gasteiger partial charge in [-0.3, -0.25) is 4.79 Å². The van der Waals surface area contributed by atoms with Gasteiger partial charge in [0, 0.05) is 10.9 Å². The van der Waals surface area contributed by atoms with E-state index in [4.69, 9.17) is 9.15 Å². The quantitative estimate of drug-likeness (QED) is 0.271. The number of thioether (sulfide) groups is 1. The van der Waals surface area contributed by atoms with E-state index in [-0.39, 0.29) is 29.6 Å². The van der Waals surface area contributed by atoms with Crippen LogP contribution in [0.25, 0.3) is 11.1 Å². The van der Waals surface area contributed by atoms with Gasteiger partial charge < -0.3 is 19.0 Å². The lowest BCUT2D eigenvalue weighted by molar-refractivity contribution is -0.113. The number of benzene rings is 1. The Morgan fingerprint density at radius 3 is 2.82 bits per heavy atom. The molecule has 4 rings (SSSR count). The van der Waals surface area contributed by atoms with Gasteiger partial charge in [-0.2, -0.15) is 0 Å². The third kappa shape index (κ3) is 5.49. The molecule has 4 aromatic rings. The maximum Gasteiger partial charge on any atom is 0.341 e. The van der Waals surface area contributed by atoms with Gasteiger partial charge in [-0.25, -0.2) is 9.18 Å². The Morgan fingerprint density at radius 1 is 1.27 bits per heavy atom. The lowest BCUT2D eigenvalue weighted by atomic mass is 10.0. The van der Waals surface area contributed by atoms with E-state index in [1.807, 2.05) is 6.07 Å². The van der Waals surface area contributed by atoms with Gasteiger partial charge in [-0.1, -0.05) is 23.9 Å². The number of carbonyl (C=O) groups is 2. The fourth-order valence-corrected chi connectivity index (χ4v) is 4.71. The second-order valence-corrected chi connectivity index (χ2v) is 8.56. The van der Waals surface area contributed by atoms with E-state index in [2.05, 4.69) is 15.5 Å². The average Bonchev–Trinajstić information content (AvgIpc) is 3.55. The van der Waals surface area contributed by atoms with E-state index in [0.717, 1.165) is 5.76 Å². The highest BCUT2D eigenvalue weighted by atomic mass is 32.2. The summed E-state index contributed by atoms with van der Waals surface area (Å²) < 4.78 is 25.6. The molecule has 0 aliphatic heterocycles. The van der Waals surface area contributed by atoms with Gasteiger partial charge in [0.05, 0.1) is 25.2 Å². The molecule has 3 aromatic heterocycles. The van der Waals surface area contributed by atoms with Crippen LogP contribution in [0.15, 0.2) is 63.9 Å². The number of halogens is 1. The molecule has 33 heavy (non-hydrogen) atoms. The molecule has 0 aliphatic carbocycles. The minimum atomic E-state index is -0.556. The van der Waals surface area contributed by atoms with Crippen molar-refractivity contribution in [1.82, 2.24) is 14.8 Å². The first-order valence-corrected chi connectivity index (χ1v) is 11.8. The zero-order valence-corrected chi connectivity index (χ0v) is 19.1. The molecule has 0 atom stereocenters. The first kappa shape index (κ1) is 22.7. The highest BCUT2D eigenvalue weighted by Gasteiger charge is 2.23. The van der Waals surface area contributed by atoms with Crippen molar-refractivity contribution < 1.29 is 23.1 Å². The summed E-state index contributed by atoms with van der Waals surface area (Å²) in [7, 11) is 0. The molecule has 0 saturated heterocycles. The van der Waals surface area contributed by atoms with E-state index < -0.39 is 5.97 Å². The summed E-state index contributed by atoms with van der Waals surface area (Å²) in [6.07, 6.45) is 3.15. The number of carbonyl (C=O) groups excluding carboxylic acids is 2. The molecular formula is C22H19FN4O4S2. The number of furan rings is 1. The van der Waals surface area contributed by atoms with E-state index in [1.165, 1.54) is 35.2 Å². The first-order valence-electron chi connectivity index (χ1n) is 9.92. The summed E-state index contributed by atoms with van der Waals surface area (Å²) in [5, 5.41) is 13.4. The maximum absolute atomic E-state index is 13.3. The topological polar surface area (TPSA) is 99.2 Å². The fraction of sp³-hybridized carbons (Fsp3) is 0.182. The molecule has 0 spiro atoms. The lowest BCUT2D eigenvalue weighted by Crippen LogP contribution is -2.16. The molecule has 3 heterocycles. The normalized spacial score (nSPS) is 10.8. The molecule has 0 bridgehead atoms. The van der Waals surface area contributed by atoms with Gasteiger partial charge in [-0.15, -0.1) is 21.5 Å². The number of rotatable bonds is 9. The number of anilines is 1. The lowest BCUT2D eigenvalue weighted by Gasteiger charge is -2.09. The number of hydrogen-bond acceptors (Lipinski definition) is 8. The summed E-state index contributed by atoms with van der Waals surface area (Å²) in [4.78, 5) is 25.3. The summed E-state index contributed by atoms with van der Waals surface area (Å²) in [5.74, 6) is -0.447. The number of esters is 1. The maximum atomic E-state index is 13.3. The number of amides is 1. The van der Waals surface area contributed by atoms with Crippen LogP contribution < -0.4 is 5.32 Å². The van der Waals surface area contributed by atoms with E-state index in [9.17, 15) is 14.0 Å². The molecule has 0 aliphatic rings. The van der Waals surface area contributed by atoms with E-state index in [1.54, 1.807) is 47.7 Å². The van der Waals surface area contributed by atoms with Crippen LogP contribution in [0.1, 0.15) is 23.0 Å². The predicted octanol–water partition coefficient (Wildman–Crippen LogP) is 4.69. The second-order valence-electron chi connectivity index (χ2n) is 6.74. The third-order valence-electron chi connectivity index (χ3n) is 4.50. The largest absolute Gasteiger partial charge is 0.467 e. The van der Waals surface area contributed by atoms with Gasteiger partial charge >= 0.3 is 5.97 Å². The number of ether oxygens (including phenoxy) is 1. The van der Waals surface area contributed by atoms with Crippen LogP contribution >= 0.6 is 23.1 Å². The zero-order valence-electron chi connectivity index (χ0n) is 17.5. The van der Waals surface area contributed by atoms with Crippen molar-refractivity contribution in [3.05, 3.63) is 71.5 Å². The SMILES string of the molecule is CCOC(=O)c1c(-c2ccc(F)cc2)csc1NC(=O)CSc1nncn1Cc1ccco1. The first-order chi connectivity index (χ1) is 16.0. The van der Waals surface area contributed by atoms with Crippen LogP contribution in [-0.4, -0.2) is 39.0 Å². The Morgan fingerprint density at radius 2 is 2.09 bits per heavy atom. The zero-order chi connectivity index (χ0) is 23.2. The molecule has 0 fully saturated rings. The van der Waals surface area contributed by atoms with Crippen molar-refractivity contribution in [3.63, 3.8) is 0 Å². The fourth-order valence-electron chi connectivity index (χ4n) is 3.03. The summed E-state index contributed by atoms with van der Waals surface area (Å²) in [5.41, 5.74) is 1.46. The van der Waals surface area contributed by atoms with Crippen LogP contribution in [0.5, 0.6) is 0 Å².